The third-order valence-corrected chi connectivity index (χ3v) is 13.8. The van der Waals surface area contributed by atoms with Gasteiger partial charge in [-0.2, -0.15) is 0 Å². The van der Waals surface area contributed by atoms with Gasteiger partial charge in [0.2, 0.25) is 0 Å². The number of anilines is 3. The van der Waals surface area contributed by atoms with Gasteiger partial charge in [0, 0.05) is 44.4 Å². The molecule has 1 heterocycles. The number of fused-ring (bicyclic) bond motifs is 9. The molecule has 0 spiro atoms. The van der Waals surface area contributed by atoms with Crippen molar-refractivity contribution in [2.75, 3.05) is 4.90 Å². The van der Waals surface area contributed by atoms with E-state index in [9.17, 15) is 0 Å². The predicted molar refractivity (Wildman–Crippen MR) is 255 cm³/mol. The van der Waals surface area contributed by atoms with Gasteiger partial charge in [-0.15, -0.1) is 0 Å². The lowest BCUT2D eigenvalue weighted by Gasteiger charge is -2.30. The van der Waals surface area contributed by atoms with Gasteiger partial charge in [-0.1, -0.05) is 152 Å². The van der Waals surface area contributed by atoms with Crippen molar-refractivity contribution in [2.45, 2.75) is 64.7 Å². The highest BCUT2D eigenvalue weighted by Crippen LogP contribution is 2.54. The molecule has 0 saturated carbocycles. The number of hydrogen-bond donors (Lipinski definition) is 0. The van der Waals surface area contributed by atoms with E-state index in [4.69, 9.17) is 0 Å². The molecule has 0 radical (unpaired) electrons. The molecule has 60 heavy (non-hydrogen) atoms. The Balaban J connectivity index is 1.01. The fourth-order valence-corrected chi connectivity index (χ4v) is 10.4. The van der Waals surface area contributed by atoms with Crippen LogP contribution in [-0.4, -0.2) is 4.57 Å². The zero-order chi connectivity index (χ0) is 41.1. The third kappa shape index (κ3) is 5.40. The first kappa shape index (κ1) is 36.4. The van der Waals surface area contributed by atoms with E-state index in [1.807, 2.05) is 0 Å². The van der Waals surface area contributed by atoms with Gasteiger partial charge in [0.25, 0.3) is 0 Å². The second-order valence-electron chi connectivity index (χ2n) is 19.1. The smallest absolute Gasteiger partial charge is 0.0541 e. The molecule has 2 aliphatic rings. The summed E-state index contributed by atoms with van der Waals surface area (Å²) in [6, 6.07) is 66.0. The van der Waals surface area contributed by atoms with Crippen molar-refractivity contribution in [1.82, 2.24) is 4.57 Å². The molecule has 292 valence electrons. The Morgan fingerprint density at radius 3 is 1.58 bits per heavy atom. The molecule has 0 aliphatic heterocycles. The van der Waals surface area contributed by atoms with Gasteiger partial charge in [0.05, 0.1) is 11.0 Å². The average Bonchev–Trinajstić information content (AvgIpc) is 3.80. The minimum atomic E-state index is -0.201. The van der Waals surface area contributed by atoms with Crippen LogP contribution in [0, 0.1) is 0 Å². The Morgan fingerprint density at radius 2 is 0.900 bits per heavy atom. The summed E-state index contributed by atoms with van der Waals surface area (Å²) in [5, 5.41) is 2.54. The van der Waals surface area contributed by atoms with Gasteiger partial charge < -0.3 is 9.47 Å². The van der Waals surface area contributed by atoms with E-state index >= 15 is 0 Å². The van der Waals surface area contributed by atoms with Gasteiger partial charge in [0.1, 0.15) is 0 Å². The number of benzene rings is 8. The molecule has 0 bridgehead atoms. The third-order valence-electron chi connectivity index (χ3n) is 13.8. The van der Waals surface area contributed by atoms with E-state index in [0.29, 0.717) is 0 Å². The summed E-state index contributed by atoms with van der Waals surface area (Å²) in [5.74, 6) is 0. The van der Waals surface area contributed by atoms with E-state index in [1.165, 1.54) is 100 Å². The van der Waals surface area contributed by atoms with Crippen LogP contribution in [0.15, 0.2) is 176 Å². The number of hydrogen-bond acceptors (Lipinski definition) is 1. The first-order valence-electron chi connectivity index (χ1n) is 21.4. The SMILES string of the molecule is CC(C)(C)c1ccc(N(c2ccc3c(c2)C(C)(C)c2ccccc2-3)c2ccc3c(c2)C(C)(C)c2cc(-c4ccc5c(c4)c4ccccc4n5-c4ccccc4)ccc2-3)cc1. The van der Waals surface area contributed by atoms with Crippen LogP contribution >= 0.6 is 0 Å². The van der Waals surface area contributed by atoms with Crippen LogP contribution in [0.3, 0.4) is 0 Å². The van der Waals surface area contributed by atoms with Crippen molar-refractivity contribution >= 4 is 38.9 Å². The molecule has 0 atom stereocenters. The van der Waals surface area contributed by atoms with Gasteiger partial charge in [-0.25, -0.2) is 0 Å². The molecule has 9 aromatic rings. The first-order valence-corrected chi connectivity index (χ1v) is 21.4. The van der Waals surface area contributed by atoms with Crippen LogP contribution < -0.4 is 4.90 Å². The lowest BCUT2D eigenvalue weighted by atomic mass is 9.81. The van der Waals surface area contributed by atoms with Crippen LogP contribution in [0.2, 0.25) is 0 Å². The molecule has 0 fully saturated rings. The predicted octanol–water partition coefficient (Wildman–Crippen LogP) is 15.8. The number of rotatable bonds is 5. The van der Waals surface area contributed by atoms with E-state index in [1.54, 1.807) is 0 Å². The molecule has 2 heteroatoms. The molecule has 2 nitrogen and oxygen atoms in total. The van der Waals surface area contributed by atoms with Gasteiger partial charge in [0.15, 0.2) is 0 Å². The van der Waals surface area contributed by atoms with E-state index in [-0.39, 0.29) is 16.2 Å². The maximum absolute atomic E-state index is 2.47. The van der Waals surface area contributed by atoms with Gasteiger partial charge >= 0.3 is 0 Å². The maximum atomic E-state index is 2.47. The summed E-state index contributed by atoms with van der Waals surface area (Å²) in [5.41, 5.74) is 21.6. The second kappa shape index (κ2) is 12.9. The average molecular weight is 775 g/mol. The monoisotopic (exact) mass is 774 g/mol. The van der Waals surface area contributed by atoms with E-state index in [2.05, 4.69) is 234 Å². The minimum Gasteiger partial charge on any atom is -0.310 e. The fourth-order valence-electron chi connectivity index (χ4n) is 10.4. The van der Waals surface area contributed by atoms with Crippen molar-refractivity contribution in [3.05, 3.63) is 204 Å². The molecule has 8 aromatic carbocycles. The summed E-state index contributed by atoms with van der Waals surface area (Å²) >= 11 is 0. The lowest BCUT2D eigenvalue weighted by molar-refractivity contribution is 0.590. The fraction of sp³-hybridized carbons (Fsp3) is 0.172. The summed E-state index contributed by atoms with van der Waals surface area (Å²) in [4.78, 5) is 2.47. The molecular formula is C58H50N2. The van der Waals surface area contributed by atoms with Gasteiger partial charge in [-0.05, 0) is 139 Å². The number of aromatic nitrogens is 1. The number of para-hydroxylation sites is 2. The summed E-state index contributed by atoms with van der Waals surface area (Å²) in [6.07, 6.45) is 0. The first-order chi connectivity index (χ1) is 28.9. The molecule has 0 unspecified atom stereocenters. The van der Waals surface area contributed by atoms with Crippen molar-refractivity contribution in [3.63, 3.8) is 0 Å². The quantitative estimate of drug-likeness (QED) is 0.169. The molecule has 1 aromatic heterocycles. The highest BCUT2D eigenvalue weighted by atomic mass is 15.1. The molecule has 2 aliphatic carbocycles. The number of nitrogens with zero attached hydrogens (tertiary/aromatic N) is 2. The standard InChI is InChI=1S/C58H50N2/c1-56(2,3)39-23-25-41(26-24-39)59(42-27-30-46-44-17-11-13-19-50(44)57(4,5)52(46)35-42)43-28-31-47-45-29-21-38(34-51(45)58(6,7)53(47)36-43)37-22-32-55-49(33-37)48-18-12-14-20-54(48)60(55)40-15-9-8-10-16-40/h8-36H,1-7H3. The topological polar surface area (TPSA) is 8.17 Å². The highest BCUT2D eigenvalue weighted by Gasteiger charge is 2.38. The molecule has 11 rings (SSSR count). The summed E-state index contributed by atoms with van der Waals surface area (Å²) in [6.45, 7) is 16.4. The lowest BCUT2D eigenvalue weighted by Crippen LogP contribution is -2.18. The molecule has 0 saturated heterocycles. The van der Waals surface area contributed by atoms with Crippen LogP contribution in [0.5, 0.6) is 0 Å². The normalized spacial score (nSPS) is 14.5. The van der Waals surface area contributed by atoms with Gasteiger partial charge in [-0.3, -0.25) is 0 Å². The van der Waals surface area contributed by atoms with Crippen LogP contribution in [0.25, 0.3) is 60.9 Å². The molecular weight excluding hydrogens is 725 g/mol. The van der Waals surface area contributed by atoms with Crippen molar-refractivity contribution in [3.8, 4) is 39.1 Å². The Hall–Kier alpha value is -6.64. The molecule has 0 N–H and O–H groups in total. The zero-order valence-corrected chi connectivity index (χ0v) is 35.6. The summed E-state index contributed by atoms with van der Waals surface area (Å²) in [7, 11) is 0. The Morgan fingerprint density at radius 1 is 0.400 bits per heavy atom. The largest absolute Gasteiger partial charge is 0.310 e. The second-order valence-corrected chi connectivity index (χ2v) is 19.1. The maximum Gasteiger partial charge on any atom is 0.0541 e. The van der Waals surface area contributed by atoms with Crippen LogP contribution in [-0.2, 0) is 16.2 Å². The zero-order valence-electron chi connectivity index (χ0n) is 35.6. The Kier molecular flexibility index (Phi) is 7.85. The van der Waals surface area contributed by atoms with Crippen LogP contribution in [0.4, 0.5) is 17.1 Å². The van der Waals surface area contributed by atoms with E-state index < -0.39 is 0 Å². The minimum absolute atomic E-state index is 0.0712. The van der Waals surface area contributed by atoms with Crippen molar-refractivity contribution in [2.24, 2.45) is 0 Å². The highest BCUT2D eigenvalue weighted by molar-refractivity contribution is 6.10. The molecule has 0 amide bonds. The Labute approximate surface area is 354 Å². The van der Waals surface area contributed by atoms with Crippen molar-refractivity contribution < 1.29 is 0 Å². The van der Waals surface area contributed by atoms with Crippen molar-refractivity contribution in [1.29, 1.82) is 0 Å². The van der Waals surface area contributed by atoms with Crippen LogP contribution in [0.1, 0.15) is 76.3 Å². The summed E-state index contributed by atoms with van der Waals surface area (Å²) < 4.78 is 2.39. The Bertz CT molecular complexity index is 3170. The van der Waals surface area contributed by atoms with E-state index in [0.717, 1.165) is 5.69 Å².